The quantitative estimate of drug-likeness (QED) is 0.712. The molecule has 5 nitrogen and oxygen atoms in total. The van der Waals surface area contributed by atoms with Gasteiger partial charge in [-0.25, -0.2) is 13.6 Å². The Morgan fingerprint density at radius 1 is 1.38 bits per heavy atom. The predicted octanol–water partition coefficient (Wildman–Crippen LogP) is 0.0361. The number of sulfonamides is 1. The monoisotopic (exact) mass is 205 g/mol. The lowest BCUT2D eigenvalue weighted by Crippen LogP contribution is -2.14. The van der Waals surface area contributed by atoms with E-state index in [-0.39, 0.29) is 16.2 Å². The third-order valence-electron chi connectivity index (χ3n) is 1.77. The zero-order valence-corrected chi connectivity index (χ0v) is 8.18. The molecule has 0 spiro atoms. The van der Waals surface area contributed by atoms with Crippen molar-refractivity contribution in [3.8, 4) is 0 Å². The topological polar surface area (TPSA) is 93.5 Å². The summed E-state index contributed by atoms with van der Waals surface area (Å²) in [6, 6.07) is 0. The summed E-state index contributed by atoms with van der Waals surface area (Å²) in [6.07, 6.45) is 0. The Morgan fingerprint density at radius 3 is 2.23 bits per heavy atom. The average molecular weight is 205 g/mol. The van der Waals surface area contributed by atoms with Crippen LogP contribution in [0.15, 0.2) is 9.31 Å². The van der Waals surface area contributed by atoms with Gasteiger partial charge >= 0.3 is 0 Å². The molecule has 0 aliphatic carbocycles. The summed E-state index contributed by atoms with van der Waals surface area (Å²) in [5.41, 5.74) is 0.236. The Morgan fingerprint density at radius 2 is 1.92 bits per heavy atom. The van der Waals surface area contributed by atoms with Crippen molar-refractivity contribution in [2.45, 2.75) is 25.3 Å². The normalized spacial score (nSPS) is 12.0. The molecular formula is C7H11NO4S. The first kappa shape index (κ1) is 10.2. The maximum atomic E-state index is 11.1. The van der Waals surface area contributed by atoms with Gasteiger partial charge in [0.05, 0.1) is 6.61 Å². The molecule has 0 fully saturated rings. The van der Waals surface area contributed by atoms with Gasteiger partial charge in [0, 0.05) is 5.56 Å². The summed E-state index contributed by atoms with van der Waals surface area (Å²) < 4.78 is 27.2. The number of rotatable bonds is 2. The summed E-state index contributed by atoms with van der Waals surface area (Å²) in [5, 5.41) is 13.8. The van der Waals surface area contributed by atoms with Crippen molar-refractivity contribution in [3.63, 3.8) is 0 Å². The zero-order valence-electron chi connectivity index (χ0n) is 7.36. The predicted molar refractivity (Wildman–Crippen MR) is 45.5 cm³/mol. The van der Waals surface area contributed by atoms with Gasteiger partial charge in [-0.3, -0.25) is 0 Å². The highest BCUT2D eigenvalue weighted by atomic mass is 32.2. The first-order valence-electron chi connectivity index (χ1n) is 3.60. The summed E-state index contributed by atoms with van der Waals surface area (Å²) in [5.74, 6) is 0.591. The van der Waals surface area contributed by atoms with Crippen LogP contribution in [0, 0.1) is 13.8 Å². The lowest BCUT2D eigenvalue weighted by Gasteiger charge is -1.97. The number of aliphatic hydroxyl groups excluding tert-OH is 1. The van der Waals surface area contributed by atoms with Crippen LogP contribution in [0.2, 0.25) is 0 Å². The fourth-order valence-corrected chi connectivity index (χ4v) is 2.26. The minimum Gasteiger partial charge on any atom is -0.465 e. The third kappa shape index (κ3) is 1.74. The van der Waals surface area contributed by atoms with Gasteiger partial charge in [-0.15, -0.1) is 0 Å². The van der Waals surface area contributed by atoms with E-state index in [1.165, 1.54) is 6.92 Å². The van der Waals surface area contributed by atoms with Gasteiger partial charge in [-0.2, -0.15) is 0 Å². The summed E-state index contributed by atoms with van der Waals surface area (Å²) in [4.78, 5) is -0.104. The SMILES string of the molecule is Cc1oc(C)c(S(N)(=O)=O)c1CO. The van der Waals surface area contributed by atoms with Crippen LogP contribution in [0.25, 0.3) is 0 Å². The standard InChI is InChI=1S/C7H11NO4S/c1-4-6(3-9)7(5(2)12-4)13(8,10)11/h9H,3H2,1-2H3,(H2,8,10,11). The second kappa shape index (κ2) is 3.13. The molecule has 13 heavy (non-hydrogen) atoms. The molecule has 0 saturated heterocycles. The van der Waals surface area contributed by atoms with Crippen molar-refractivity contribution in [1.29, 1.82) is 0 Å². The summed E-state index contributed by atoms with van der Waals surface area (Å²) in [6.45, 7) is 2.67. The molecule has 0 aromatic carbocycles. The maximum Gasteiger partial charge on any atom is 0.241 e. The second-order valence-corrected chi connectivity index (χ2v) is 4.22. The lowest BCUT2D eigenvalue weighted by molar-refractivity contribution is 0.276. The summed E-state index contributed by atoms with van der Waals surface area (Å²) >= 11 is 0. The van der Waals surface area contributed by atoms with E-state index >= 15 is 0 Å². The Kier molecular flexibility index (Phi) is 2.47. The Balaban J connectivity index is 3.52. The van der Waals surface area contributed by atoms with Gasteiger partial charge in [-0.1, -0.05) is 0 Å². The van der Waals surface area contributed by atoms with Gasteiger partial charge in [0.1, 0.15) is 16.4 Å². The first-order chi connectivity index (χ1) is 5.88. The van der Waals surface area contributed by atoms with E-state index in [9.17, 15) is 8.42 Å². The Labute approximate surface area is 76.2 Å². The van der Waals surface area contributed by atoms with E-state index in [4.69, 9.17) is 14.7 Å². The number of nitrogens with two attached hydrogens (primary N) is 1. The molecule has 0 bridgehead atoms. The fraction of sp³-hybridized carbons (Fsp3) is 0.429. The van der Waals surface area contributed by atoms with E-state index in [0.717, 1.165) is 0 Å². The van der Waals surface area contributed by atoms with Crippen LogP contribution < -0.4 is 5.14 Å². The summed E-state index contributed by atoms with van der Waals surface area (Å²) in [7, 11) is -3.81. The molecule has 0 aliphatic heterocycles. The highest BCUT2D eigenvalue weighted by Gasteiger charge is 2.22. The Hall–Kier alpha value is -0.850. The molecule has 74 valence electrons. The maximum absolute atomic E-state index is 11.1. The van der Waals surface area contributed by atoms with Gasteiger partial charge in [0.25, 0.3) is 0 Å². The molecule has 0 radical (unpaired) electrons. The van der Waals surface area contributed by atoms with Crippen molar-refractivity contribution >= 4 is 10.0 Å². The van der Waals surface area contributed by atoms with Gasteiger partial charge in [-0.05, 0) is 13.8 Å². The van der Waals surface area contributed by atoms with E-state index in [1.807, 2.05) is 0 Å². The molecule has 1 aromatic rings. The van der Waals surface area contributed by atoms with Crippen molar-refractivity contribution in [3.05, 3.63) is 17.1 Å². The van der Waals surface area contributed by atoms with E-state index in [1.54, 1.807) is 6.92 Å². The van der Waals surface area contributed by atoms with Crippen molar-refractivity contribution in [2.75, 3.05) is 0 Å². The molecule has 0 amide bonds. The molecule has 3 N–H and O–H groups in total. The lowest BCUT2D eigenvalue weighted by atomic mass is 10.2. The van der Waals surface area contributed by atoms with Gasteiger partial charge in [0.15, 0.2) is 0 Å². The van der Waals surface area contributed by atoms with Crippen LogP contribution in [0.5, 0.6) is 0 Å². The molecule has 0 atom stereocenters. The molecule has 1 rings (SSSR count). The second-order valence-electron chi connectivity index (χ2n) is 2.73. The van der Waals surface area contributed by atoms with Crippen molar-refractivity contribution < 1.29 is 17.9 Å². The minimum atomic E-state index is -3.81. The number of hydrogen-bond acceptors (Lipinski definition) is 4. The highest BCUT2D eigenvalue weighted by molar-refractivity contribution is 7.89. The number of aliphatic hydroxyl groups is 1. The number of furan rings is 1. The largest absolute Gasteiger partial charge is 0.465 e. The highest BCUT2D eigenvalue weighted by Crippen LogP contribution is 2.25. The molecule has 1 heterocycles. The van der Waals surface area contributed by atoms with Crippen LogP contribution in [0.3, 0.4) is 0 Å². The van der Waals surface area contributed by atoms with Crippen LogP contribution in [0.1, 0.15) is 17.1 Å². The van der Waals surface area contributed by atoms with E-state index in [2.05, 4.69) is 0 Å². The Bertz CT molecular complexity index is 418. The van der Waals surface area contributed by atoms with Crippen LogP contribution >= 0.6 is 0 Å². The fourth-order valence-electron chi connectivity index (χ4n) is 1.27. The van der Waals surface area contributed by atoms with E-state index in [0.29, 0.717) is 5.76 Å². The number of hydrogen-bond donors (Lipinski definition) is 2. The average Bonchev–Trinajstić information content (AvgIpc) is 2.23. The van der Waals surface area contributed by atoms with Crippen molar-refractivity contribution in [2.24, 2.45) is 5.14 Å². The third-order valence-corrected chi connectivity index (χ3v) is 2.87. The molecular weight excluding hydrogens is 194 g/mol. The molecule has 0 saturated carbocycles. The molecule has 6 heteroatoms. The van der Waals surface area contributed by atoms with Crippen LogP contribution in [-0.2, 0) is 16.6 Å². The van der Waals surface area contributed by atoms with Crippen LogP contribution in [-0.4, -0.2) is 13.5 Å². The first-order valence-corrected chi connectivity index (χ1v) is 5.15. The molecule has 0 unspecified atom stereocenters. The zero-order chi connectivity index (χ0) is 10.2. The van der Waals surface area contributed by atoms with Gasteiger partial charge < -0.3 is 9.52 Å². The molecule has 1 aromatic heterocycles. The van der Waals surface area contributed by atoms with E-state index < -0.39 is 16.6 Å². The van der Waals surface area contributed by atoms with Crippen molar-refractivity contribution in [1.82, 2.24) is 0 Å². The number of aryl methyl sites for hydroxylation is 2. The smallest absolute Gasteiger partial charge is 0.241 e. The minimum absolute atomic E-state index is 0.104. The molecule has 0 aliphatic rings. The van der Waals surface area contributed by atoms with Crippen LogP contribution in [0.4, 0.5) is 0 Å². The number of primary sulfonamides is 1. The van der Waals surface area contributed by atoms with Gasteiger partial charge in [0.2, 0.25) is 10.0 Å².